The number of anilines is 1. The molecule has 0 heterocycles. The molecule has 0 radical (unpaired) electrons. The fraction of sp³-hybridized carbons (Fsp3) is 0.421. The van der Waals surface area contributed by atoms with Gasteiger partial charge in [0.05, 0.1) is 35.9 Å². The molecule has 3 rings (SSSR count). The summed E-state index contributed by atoms with van der Waals surface area (Å²) in [5.41, 5.74) is 3.94. The van der Waals surface area contributed by atoms with Crippen LogP contribution in [0.4, 0.5) is 28.4 Å². The summed E-state index contributed by atoms with van der Waals surface area (Å²) in [7, 11) is 0. The maximum atomic E-state index is 11.3. The number of esters is 1. The molecule has 0 aliphatic heterocycles. The molecular weight excluding hydrogens is 590 g/mol. The van der Waals surface area contributed by atoms with Crippen LogP contribution in [0.15, 0.2) is 106 Å². The average Bonchev–Trinajstić information content (AvgIpc) is 3.11. The Bertz CT molecular complexity index is 1400. The van der Waals surface area contributed by atoms with Gasteiger partial charge < -0.3 is 14.4 Å². The molecule has 9 heteroatoms. The highest BCUT2D eigenvalue weighted by Gasteiger charge is 2.06. The van der Waals surface area contributed by atoms with E-state index >= 15 is 0 Å². The van der Waals surface area contributed by atoms with E-state index in [0.29, 0.717) is 37.6 Å². The first-order chi connectivity index (χ1) is 23.0. The van der Waals surface area contributed by atoms with Gasteiger partial charge >= 0.3 is 5.97 Å². The number of ether oxygens (including phenoxy) is 2. The number of carbonyl (C=O) groups is 2. The van der Waals surface area contributed by atoms with E-state index < -0.39 is 5.97 Å². The molecule has 0 bridgehead atoms. The Balaban J connectivity index is 1.33. The van der Waals surface area contributed by atoms with Gasteiger partial charge in [-0.25, -0.2) is 4.79 Å². The van der Waals surface area contributed by atoms with Crippen molar-refractivity contribution in [3.8, 4) is 5.75 Å². The molecule has 0 aliphatic rings. The van der Waals surface area contributed by atoms with E-state index in [1.807, 2.05) is 86.6 Å². The van der Waals surface area contributed by atoms with Gasteiger partial charge in [-0.15, -0.1) is 0 Å². The minimum Gasteiger partial charge on any atom is -0.494 e. The fourth-order valence-electron chi connectivity index (χ4n) is 4.79. The molecule has 0 N–H and O–H groups in total. The summed E-state index contributed by atoms with van der Waals surface area (Å²) in [6, 6.07) is 22.8. The third kappa shape index (κ3) is 15.0. The Morgan fingerprint density at radius 1 is 0.660 bits per heavy atom. The third-order valence-electron chi connectivity index (χ3n) is 7.63. The molecule has 0 spiro atoms. The minimum atomic E-state index is -0.418. The lowest BCUT2D eigenvalue weighted by molar-refractivity contribution is -0.137. The summed E-state index contributed by atoms with van der Waals surface area (Å²) in [5, 5.41) is 17.3. The number of unbranched alkanes of at least 4 members (excludes halogenated alkanes) is 7. The van der Waals surface area contributed by atoms with Crippen LogP contribution >= 0.6 is 0 Å². The highest BCUT2D eigenvalue weighted by atomic mass is 16.5. The maximum absolute atomic E-state index is 11.3. The largest absolute Gasteiger partial charge is 0.494 e. The second-order valence-corrected chi connectivity index (χ2v) is 11.2. The number of rotatable bonds is 23. The van der Waals surface area contributed by atoms with Crippen LogP contribution in [-0.4, -0.2) is 38.1 Å². The van der Waals surface area contributed by atoms with Crippen molar-refractivity contribution in [1.29, 1.82) is 0 Å². The number of ketones is 1. The Hall–Kier alpha value is -4.66. The standard InChI is InChI=1S/C38H49N5O4/c1-4-36(44)15-13-11-9-7-8-10-12-14-29-46-37-26-22-34(23-27-37)42-40-32-18-16-31(17-19-32)39-41-33-20-24-35(25-21-33)43(6-3)28-30-47-38(45)5-2/h5,16-27H,2,4,6-15,28-30H2,1,3H3. The summed E-state index contributed by atoms with van der Waals surface area (Å²) in [4.78, 5) is 24.7. The van der Waals surface area contributed by atoms with Gasteiger partial charge in [-0.3, -0.25) is 4.79 Å². The lowest BCUT2D eigenvalue weighted by Crippen LogP contribution is -2.27. The van der Waals surface area contributed by atoms with E-state index in [1.54, 1.807) is 0 Å². The third-order valence-corrected chi connectivity index (χ3v) is 7.63. The van der Waals surface area contributed by atoms with Crippen LogP contribution in [0.1, 0.15) is 78.1 Å². The SMILES string of the molecule is C=CC(=O)OCCN(CC)c1ccc(N=Nc2ccc(N=Nc3ccc(OCCCCCCCCCCC(=O)CC)cc3)cc2)cc1. The predicted octanol–water partition coefficient (Wildman–Crippen LogP) is 10.9. The van der Waals surface area contributed by atoms with Crippen molar-refractivity contribution in [2.75, 3.05) is 31.2 Å². The van der Waals surface area contributed by atoms with Crippen LogP contribution in [0.2, 0.25) is 0 Å². The fourth-order valence-corrected chi connectivity index (χ4v) is 4.79. The van der Waals surface area contributed by atoms with Crippen LogP contribution in [0.5, 0.6) is 5.75 Å². The van der Waals surface area contributed by atoms with Gasteiger partial charge in [0.25, 0.3) is 0 Å². The molecule has 47 heavy (non-hydrogen) atoms. The zero-order valence-corrected chi connectivity index (χ0v) is 28.0. The van der Waals surface area contributed by atoms with Crippen molar-refractivity contribution in [2.45, 2.75) is 78.1 Å². The number of benzene rings is 3. The smallest absolute Gasteiger partial charge is 0.330 e. The number of Topliss-reactive ketones (excluding diaryl/α,β-unsaturated/α-hetero) is 1. The number of nitrogens with zero attached hydrogens (tertiary/aromatic N) is 5. The molecular formula is C38H49N5O4. The van der Waals surface area contributed by atoms with Gasteiger partial charge in [0, 0.05) is 31.1 Å². The highest BCUT2D eigenvalue weighted by Crippen LogP contribution is 2.26. The summed E-state index contributed by atoms with van der Waals surface area (Å²) in [6.07, 6.45) is 12.0. The normalized spacial score (nSPS) is 11.2. The summed E-state index contributed by atoms with van der Waals surface area (Å²) < 4.78 is 11.0. The molecule has 0 saturated carbocycles. The zero-order chi connectivity index (χ0) is 33.5. The molecule has 0 aliphatic carbocycles. The Morgan fingerprint density at radius 2 is 1.13 bits per heavy atom. The number of hydrogen-bond acceptors (Lipinski definition) is 9. The average molecular weight is 640 g/mol. The molecule has 0 aromatic heterocycles. The highest BCUT2D eigenvalue weighted by molar-refractivity contribution is 5.81. The van der Waals surface area contributed by atoms with Crippen molar-refractivity contribution in [1.82, 2.24) is 0 Å². The molecule has 0 fully saturated rings. The first kappa shape index (κ1) is 36.8. The van der Waals surface area contributed by atoms with Crippen molar-refractivity contribution < 1.29 is 19.1 Å². The molecule has 250 valence electrons. The van der Waals surface area contributed by atoms with Crippen molar-refractivity contribution in [3.05, 3.63) is 85.5 Å². The molecule has 0 unspecified atom stereocenters. The molecule has 0 saturated heterocycles. The van der Waals surface area contributed by atoms with E-state index in [0.717, 1.165) is 54.3 Å². The molecule has 0 atom stereocenters. The Labute approximate surface area is 279 Å². The predicted molar refractivity (Wildman–Crippen MR) is 189 cm³/mol. The molecule has 9 nitrogen and oxygen atoms in total. The first-order valence-electron chi connectivity index (χ1n) is 16.8. The van der Waals surface area contributed by atoms with E-state index in [2.05, 4.69) is 31.9 Å². The van der Waals surface area contributed by atoms with Crippen LogP contribution in [0.25, 0.3) is 0 Å². The van der Waals surface area contributed by atoms with Crippen LogP contribution in [0, 0.1) is 0 Å². The van der Waals surface area contributed by atoms with Gasteiger partial charge in [0.1, 0.15) is 18.1 Å². The number of carbonyl (C=O) groups excluding carboxylic acids is 2. The number of hydrogen-bond donors (Lipinski definition) is 0. The first-order valence-corrected chi connectivity index (χ1v) is 16.8. The lowest BCUT2D eigenvalue weighted by atomic mass is 10.1. The van der Waals surface area contributed by atoms with Gasteiger partial charge in [-0.2, -0.15) is 20.5 Å². The Morgan fingerprint density at radius 3 is 1.62 bits per heavy atom. The quantitative estimate of drug-likeness (QED) is 0.0444. The van der Waals surface area contributed by atoms with Gasteiger partial charge in [0.2, 0.25) is 0 Å². The van der Waals surface area contributed by atoms with Gasteiger partial charge in [-0.05, 0) is 92.6 Å². The van der Waals surface area contributed by atoms with E-state index in [-0.39, 0.29) is 0 Å². The van der Waals surface area contributed by atoms with Crippen molar-refractivity contribution >= 4 is 40.2 Å². The summed E-state index contributed by atoms with van der Waals surface area (Å²) in [5.74, 6) is 0.804. The van der Waals surface area contributed by atoms with Crippen molar-refractivity contribution in [2.24, 2.45) is 20.5 Å². The summed E-state index contributed by atoms with van der Waals surface area (Å²) in [6.45, 7) is 9.78. The topological polar surface area (TPSA) is 105 Å². The Kier molecular flexibility index (Phi) is 17.2. The van der Waals surface area contributed by atoms with Crippen molar-refractivity contribution in [3.63, 3.8) is 0 Å². The second-order valence-electron chi connectivity index (χ2n) is 11.2. The summed E-state index contributed by atoms with van der Waals surface area (Å²) >= 11 is 0. The molecule has 3 aromatic rings. The number of azo groups is 2. The van der Waals surface area contributed by atoms with Gasteiger partial charge in [0.15, 0.2) is 0 Å². The van der Waals surface area contributed by atoms with Gasteiger partial charge in [-0.1, -0.05) is 52.0 Å². The van der Waals surface area contributed by atoms with Crippen LogP contribution in [-0.2, 0) is 14.3 Å². The minimum absolute atomic E-state index is 0.297. The molecule has 3 aromatic carbocycles. The monoisotopic (exact) mass is 639 g/mol. The maximum Gasteiger partial charge on any atom is 0.330 e. The van der Waals surface area contributed by atoms with Crippen LogP contribution in [0.3, 0.4) is 0 Å². The van der Waals surface area contributed by atoms with Crippen LogP contribution < -0.4 is 9.64 Å². The number of likely N-dealkylation sites (N-methyl/N-ethyl adjacent to an activating group) is 1. The zero-order valence-electron chi connectivity index (χ0n) is 28.0. The van der Waals surface area contributed by atoms with E-state index in [9.17, 15) is 9.59 Å². The second kappa shape index (κ2) is 22.0. The van der Waals surface area contributed by atoms with E-state index in [4.69, 9.17) is 9.47 Å². The molecule has 0 amide bonds. The van der Waals surface area contributed by atoms with E-state index in [1.165, 1.54) is 44.6 Å². The lowest BCUT2D eigenvalue weighted by Gasteiger charge is -2.22.